The number of hydrogen-bond acceptors (Lipinski definition) is 24. The maximum atomic E-state index is 11.1. The third kappa shape index (κ3) is 29.4. The zero-order valence-electron chi connectivity index (χ0n) is 64.4. The molecule has 5 saturated heterocycles. The monoisotopic (exact) mass is 1580 g/mol. The van der Waals surface area contributed by atoms with E-state index in [2.05, 4.69) is 21.0 Å². The fourth-order valence-corrected chi connectivity index (χ4v) is 11.5. The number of cyclic esters (lactones) is 6. The summed E-state index contributed by atoms with van der Waals surface area (Å²) >= 11 is 19.7. The number of hydrogen-bond donors (Lipinski definition) is 5. The highest BCUT2D eigenvalue weighted by molar-refractivity contribution is 6.63. The number of carbonyl (C=O) groups excluding carboxylic acids is 6. The molecule has 0 amide bonds. The van der Waals surface area contributed by atoms with Gasteiger partial charge in [-0.15, -0.1) is 11.6 Å². The first kappa shape index (κ1) is 92.9. The highest BCUT2D eigenvalue weighted by Crippen LogP contribution is 2.34. The molecule has 0 radical (unpaired) electrons. The van der Waals surface area contributed by atoms with Crippen molar-refractivity contribution in [1.82, 2.24) is 0 Å². The first-order valence-electron chi connectivity index (χ1n) is 33.9. The second-order valence-electron chi connectivity index (χ2n) is 25.4. The van der Waals surface area contributed by atoms with Crippen molar-refractivity contribution in [3.05, 3.63) is 175 Å². The van der Waals surface area contributed by atoms with Crippen LogP contribution in [-0.4, -0.2) is 177 Å². The Morgan fingerprint density at radius 3 is 1.04 bits per heavy atom. The molecule has 0 bridgehead atoms. The van der Waals surface area contributed by atoms with Gasteiger partial charge >= 0.3 is 24.5 Å². The fraction of sp³-hybridized carbons (Fsp3) is 0.443. The summed E-state index contributed by atoms with van der Waals surface area (Å²) in [6.45, 7) is 37.7. The molecule has 5 aliphatic heterocycles. The number of aldehydes is 3. The van der Waals surface area contributed by atoms with Crippen LogP contribution in [0.1, 0.15) is 142 Å². The van der Waals surface area contributed by atoms with Gasteiger partial charge in [-0.3, -0.25) is 14.4 Å². The number of halogens is 4. The van der Waals surface area contributed by atoms with E-state index >= 15 is 0 Å². The zero-order chi connectivity index (χ0) is 81.4. The number of oxime groups is 1. The Labute approximate surface area is 650 Å². The molecule has 5 aliphatic rings. The molecule has 5 atom stereocenters. The summed E-state index contributed by atoms with van der Waals surface area (Å²) in [4.78, 5) is 65.1. The molecule has 0 spiro atoms. The summed E-state index contributed by atoms with van der Waals surface area (Å²) in [5.74, 6) is 4.17. The van der Waals surface area contributed by atoms with Crippen LogP contribution in [0.4, 0.5) is 14.4 Å². The molecule has 0 aromatic heterocycles. The van der Waals surface area contributed by atoms with Gasteiger partial charge < -0.3 is 77.4 Å². The third-order valence-electron chi connectivity index (χ3n) is 16.7. The number of alkyl halides is 4. The predicted molar refractivity (Wildman–Crippen MR) is 411 cm³/mol. The summed E-state index contributed by atoms with van der Waals surface area (Å²) in [7, 11) is 1.00. The van der Waals surface area contributed by atoms with E-state index in [0.29, 0.717) is 63.8 Å². The number of ether oxygens (including phenoxy) is 12. The summed E-state index contributed by atoms with van der Waals surface area (Å²) in [5.41, 5.74) is 20.2. The van der Waals surface area contributed by atoms with E-state index in [4.69, 9.17) is 114 Å². The first-order valence-corrected chi connectivity index (χ1v) is 35.7. The average Bonchev–Trinajstić information content (AvgIpc) is 1.18. The lowest BCUT2D eigenvalue weighted by molar-refractivity contribution is 0.0972. The number of phenolic OH excluding ortho intramolecular Hbond substituents is 2. The molecule has 5 heterocycles. The minimum absolute atomic E-state index is 0.194. The van der Waals surface area contributed by atoms with Gasteiger partial charge in [0.05, 0.1) is 31.4 Å². The van der Waals surface area contributed by atoms with Gasteiger partial charge in [0.2, 0.25) is 5.01 Å². The Morgan fingerprint density at radius 1 is 0.444 bits per heavy atom. The van der Waals surface area contributed by atoms with Crippen LogP contribution in [0.5, 0.6) is 34.5 Å². The average molecular weight is 1590 g/mol. The van der Waals surface area contributed by atoms with E-state index in [-0.39, 0.29) is 51.5 Å². The van der Waals surface area contributed by atoms with Crippen LogP contribution < -0.4 is 18.9 Å². The number of benzene rings is 6. The van der Waals surface area contributed by atoms with Crippen molar-refractivity contribution in [1.29, 1.82) is 0 Å². The molecule has 0 aliphatic carbocycles. The van der Waals surface area contributed by atoms with Crippen molar-refractivity contribution in [3.8, 4) is 40.6 Å². The van der Waals surface area contributed by atoms with Crippen LogP contribution in [0.3, 0.4) is 0 Å². The molecule has 11 rings (SSSR count). The van der Waals surface area contributed by atoms with E-state index in [1.165, 1.54) is 11.8 Å². The zero-order valence-corrected chi connectivity index (χ0v) is 67.4. The standard InChI is InChI=1S/C14H17NO5.C14H15NO5.C14H16O5.C13H16O3.C10H12O2.C9H12O.C3H5ClO.CHCl3.CH4O/c2*1-8-4-9(2)13(10(3)12(8)5-15-17)18-6-11-7-19-14(16)20-11;1-8-4-9(2)13(10(3)12(8)5-15)17-6-11-7-18-14(16)19-11;1-8-4-9(2)13(10(3)12(8)5-14)16-7-11-6-15-11;1-6-4-7(2)10(12)8(3)9(6)5-11;1-6-4-7(2)9(10)8(3)5-6;4-1-3-2-5-3;2-1(3)4;1-2/h4-5,11,17H,6-7H2,1-3H3;4,11H,6-7H2,1-3H3;4-5,11H,6-7H2,1-3H3;4-5,11H,6-7H2,1-3H3;4-5,12H,1-3H3;4-5,10H,1-3H3;3H,1-2H2;1H;2H,1H3/p+1/b15-5+;;;;;;;;. The number of aromatic hydroxyl groups is 2. The van der Waals surface area contributed by atoms with Crippen LogP contribution in [-0.2, 0) is 37.9 Å². The van der Waals surface area contributed by atoms with Crippen molar-refractivity contribution in [2.75, 3.05) is 72.5 Å². The van der Waals surface area contributed by atoms with Crippen molar-refractivity contribution in [2.24, 2.45) is 5.16 Å². The van der Waals surface area contributed by atoms with E-state index in [1.54, 1.807) is 6.92 Å². The number of aliphatic hydroxyl groups is 1. The molecule has 5 unspecified atom stereocenters. The molecule has 590 valence electrons. The van der Waals surface area contributed by atoms with Gasteiger partial charge in [-0.2, -0.15) is 5.21 Å². The highest BCUT2D eigenvalue weighted by Gasteiger charge is 2.30. The number of nitrogens with zero attached hydrogens (tertiary/aromatic N) is 2. The van der Waals surface area contributed by atoms with Crippen molar-refractivity contribution < 1.29 is 111 Å². The number of phenols is 2. The van der Waals surface area contributed by atoms with Crippen LogP contribution in [0.2, 0.25) is 0 Å². The number of carbonyl (C=O) groups is 6. The quantitative estimate of drug-likeness (QED) is 0.00827. The van der Waals surface area contributed by atoms with Crippen molar-refractivity contribution in [2.45, 2.75) is 159 Å². The minimum atomic E-state index is -0.750. The lowest BCUT2D eigenvalue weighted by Gasteiger charge is -2.17. The van der Waals surface area contributed by atoms with E-state index in [9.17, 15) is 39.0 Å². The second kappa shape index (κ2) is 46.2. The Hall–Kier alpha value is -9.26. The van der Waals surface area contributed by atoms with Crippen LogP contribution in [0.15, 0.2) is 47.6 Å². The van der Waals surface area contributed by atoms with Crippen LogP contribution in [0, 0.1) is 131 Å². The molecule has 0 saturated carbocycles. The number of epoxide rings is 2. The van der Waals surface area contributed by atoms with Crippen molar-refractivity contribution >= 4 is 89.9 Å². The summed E-state index contributed by atoms with van der Waals surface area (Å²) in [5, 5.41) is 49.2. The van der Waals surface area contributed by atoms with Gasteiger partial charge in [0.25, 0.3) is 0 Å². The molecule has 5 fully saturated rings. The van der Waals surface area contributed by atoms with Gasteiger partial charge in [-0.25, -0.2) is 14.4 Å². The van der Waals surface area contributed by atoms with E-state index in [1.807, 2.05) is 160 Å². The smallest absolute Gasteiger partial charge is 0.507 e. The molecular weight excluding hydrogens is 1490 g/mol. The van der Waals surface area contributed by atoms with Gasteiger partial charge in [-0.1, -0.05) is 88.0 Å². The normalized spacial score (nSPS) is 16.3. The summed E-state index contributed by atoms with van der Waals surface area (Å²) in [6.07, 6.45) is 1.34. The van der Waals surface area contributed by atoms with Gasteiger partial charge in [0, 0.05) is 57.2 Å². The lowest BCUT2D eigenvalue weighted by Crippen LogP contribution is -2.20. The van der Waals surface area contributed by atoms with Crippen LogP contribution in [0.25, 0.3) is 5.01 Å². The maximum absolute atomic E-state index is 11.1. The number of rotatable bonds is 17. The number of aryl methyl sites for hydroxylation is 13. The Morgan fingerprint density at radius 2 is 0.741 bits per heavy atom. The largest absolute Gasteiger partial charge is 0.508 e. The van der Waals surface area contributed by atoms with Crippen molar-refractivity contribution in [3.63, 3.8) is 0 Å². The van der Waals surface area contributed by atoms with E-state index in [0.717, 1.165) is 145 Å². The highest BCUT2D eigenvalue weighted by atomic mass is 35.6. The van der Waals surface area contributed by atoms with Gasteiger partial charge in [0.1, 0.15) is 92.4 Å². The minimum Gasteiger partial charge on any atom is -0.507 e. The van der Waals surface area contributed by atoms with Crippen LogP contribution >= 0.6 is 46.4 Å². The SMILES string of the molecule is CO.Cc1cc(C)c(C=O)c(C)c1O.Cc1cc(C)c(O)c(C)c1.Cc1cc(C)c(OCC2CO2)c(C)c1C=O.Cc1cc(C)c(OCC2COC(=O)O2)c(C)c1/C=N/O.Cc1cc(C)c(OCC2COC(=O)O2)c(C)c1C#[N+]O.Cc1cc(C)c(OCC2COC(=O)O2)c(C)c1C=O.ClC(Cl)Cl.ClCC1CO1. The Bertz CT molecular complexity index is 4140. The first-order chi connectivity index (χ1) is 51.1. The summed E-state index contributed by atoms with van der Waals surface area (Å²) < 4.78 is 60.7. The summed E-state index contributed by atoms with van der Waals surface area (Å²) in [6, 6.07) is 16.1. The molecule has 6 aromatic rings. The fourth-order valence-electron chi connectivity index (χ4n) is 11.4. The number of aliphatic hydroxyl groups excluding tert-OH is 1. The predicted octanol–water partition coefficient (Wildman–Crippen LogP) is 16.1. The lowest BCUT2D eigenvalue weighted by atomic mass is 9.99. The molecule has 6 aromatic carbocycles. The molecule has 108 heavy (non-hydrogen) atoms. The maximum Gasteiger partial charge on any atom is 0.508 e. The third-order valence-corrected chi connectivity index (χ3v) is 17.0. The van der Waals surface area contributed by atoms with Gasteiger partial charge in [0.15, 0.2) is 41.5 Å². The molecule has 29 heteroatoms. The Balaban J connectivity index is 0.000000330. The topological polar surface area (TPSA) is 338 Å². The molecular formula is C79H99Cl4N2O23+. The molecule has 5 N–H and O–H groups in total. The van der Waals surface area contributed by atoms with Gasteiger partial charge in [-0.05, 0) is 191 Å². The second-order valence-corrected chi connectivity index (χ2v) is 27.7. The molecule has 25 nitrogen and oxygen atoms in total. The van der Waals surface area contributed by atoms with E-state index < -0.39 is 41.1 Å². The Kier molecular flexibility index (Phi) is 39.7.